The van der Waals surface area contributed by atoms with Crippen molar-refractivity contribution < 1.29 is 19.1 Å². The highest BCUT2D eigenvalue weighted by Gasteiger charge is 2.72. The Labute approximate surface area is 318 Å². The van der Waals surface area contributed by atoms with Gasteiger partial charge in [-0.05, 0) is 160 Å². The van der Waals surface area contributed by atoms with Gasteiger partial charge >= 0.3 is 5.97 Å². The number of aromatic nitrogens is 2. The number of esters is 1. The third-order valence-electron chi connectivity index (χ3n) is 17.6. The fourth-order valence-corrected chi connectivity index (χ4v) is 14.9. The normalized spacial score (nSPS) is 41.4. The van der Waals surface area contributed by atoms with E-state index in [1.165, 1.54) is 31.3 Å². The molecule has 6 fully saturated rings. The molecular weight excluding hydrogens is 659 g/mol. The van der Waals surface area contributed by atoms with Gasteiger partial charge in [-0.3, -0.25) is 9.59 Å². The number of aromatic amines is 1. The molecule has 1 aliphatic heterocycles. The van der Waals surface area contributed by atoms with Gasteiger partial charge in [0.15, 0.2) is 0 Å². The number of hydrogen-bond donors (Lipinski definition) is 1. The van der Waals surface area contributed by atoms with Crippen LogP contribution >= 0.6 is 0 Å². The number of allylic oxidation sites excluding steroid dienone is 1. The first-order valence-corrected chi connectivity index (χ1v) is 20.9. The molecule has 1 saturated heterocycles. The summed E-state index contributed by atoms with van der Waals surface area (Å²) in [5.41, 5.74) is 3.51. The topological polar surface area (TPSA) is 84.5 Å². The van der Waals surface area contributed by atoms with Crippen LogP contribution in [0.4, 0.5) is 0 Å². The zero-order valence-electron chi connectivity index (χ0n) is 33.9. The first kappa shape index (κ1) is 36.9. The van der Waals surface area contributed by atoms with Gasteiger partial charge in [-0.15, -0.1) is 0 Å². The second kappa shape index (κ2) is 12.7. The first-order valence-electron chi connectivity index (χ1n) is 20.9. The Kier molecular flexibility index (Phi) is 8.85. The first-order chi connectivity index (χ1) is 25.1. The molecule has 0 bridgehead atoms. The van der Waals surface area contributed by atoms with Crippen LogP contribution in [0.2, 0.25) is 0 Å². The van der Waals surface area contributed by atoms with Crippen molar-refractivity contribution >= 4 is 11.9 Å². The Morgan fingerprint density at radius 1 is 0.868 bits per heavy atom. The van der Waals surface area contributed by atoms with Crippen LogP contribution in [0.25, 0.3) is 11.3 Å². The summed E-state index contributed by atoms with van der Waals surface area (Å²) in [7, 11) is 1.69. The number of carbonyl (C=O) groups is 2. The molecule has 2 heterocycles. The Balaban J connectivity index is 1.09. The zero-order valence-corrected chi connectivity index (χ0v) is 33.9. The summed E-state index contributed by atoms with van der Waals surface area (Å²) in [6, 6.07) is 8.06. The molecule has 0 spiro atoms. The van der Waals surface area contributed by atoms with Gasteiger partial charge < -0.3 is 19.4 Å². The average Bonchev–Trinajstić information content (AvgIpc) is 3.89. The average molecular weight is 724 g/mol. The molecule has 5 saturated carbocycles. The Hall–Kier alpha value is -3.09. The molecule has 7 heteroatoms. The number of methoxy groups -OCH3 is 1. The molecule has 1 aromatic heterocycles. The van der Waals surface area contributed by atoms with Crippen LogP contribution in [0.15, 0.2) is 42.6 Å². The molecule has 8 rings (SSSR count). The third kappa shape index (κ3) is 5.27. The minimum atomic E-state index is -0.337. The van der Waals surface area contributed by atoms with Crippen LogP contribution in [-0.2, 0) is 14.3 Å². The third-order valence-corrected chi connectivity index (χ3v) is 17.6. The molecule has 1 unspecified atom stereocenters. The minimum absolute atomic E-state index is 0.00453. The number of benzene rings is 1. The summed E-state index contributed by atoms with van der Waals surface area (Å²) in [4.78, 5) is 38.4. The van der Waals surface area contributed by atoms with Gasteiger partial charge in [0.2, 0.25) is 5.91 Å². The molecule has 2 aromatic rings. The second-order valence-electron chi connectivity index (χ2n) is 19.9. The summed E-state index contributed by atoms with van der Waals surface area (Å²) in [6.07, 6.45) is 14.9. The van der Waals surface area contributed by atoms with E-state index in [-0.39, 0.29) is 45.2 Å². The van der Waals surface area contributed by atoms with E-state index in [2.05, 4.69) is 70.1 Å². The Morgan fingerprint density at radius 3 is 2.32 bits per heavy atom. The standard InChI is InChI=1S/C46H65N3O4/c1-28(2)32-18-23-46(41(51)49-26-10-11-35(49)40-47-27-34(48-40)30-12-14-31(52-9)15-13-30)25-24-44(7)33(39(32)46)16-17-37-43(6)21-20-38(53-29(3)50)42(4,5)36(43)19-22-45(37,44)8/h12-15,27,32-33,35-39H,1,10-11,16-26H2,2-9H3,(H,47,48)/t32-,33+,35?,36-,37+,38-,39+,43-,44+,45+,46-/m0/s1. The largest absolute Gasteiger partial charge is 0.497 e. The molecule has 6 aliphatic rings. The lowest BCUT2D eigenvalue weighted by atomic mass is 9.32. The van der Waals surface area contributed by atoms with E-state index >= 15 is 4.79 Å². The van der Waals surface area contributed by atoms with Crippen LogP contribution in [0.3, 0.4) is 0 Å². The number of nitrogens with zero attached hydrogens (tertiary/aromatic N) is 2. The molecule has 7 nitrogen and oxygen atoms in total. The summed E-state index contributed by atoms with van der Waals surface area (Å²) in [6.45, 7) is 21.9. The van der Waals surface area contributed by atoms with E-state index in [0.29, 0.717) is 35.5 Å². The van der Waals surface area contributed by atoms with Crippen LogP contribution in [0, 0.1) is 56.7 Å². The van der Waals surface area contributed by atoms with Crippen LogP contribution < -0.4 is 4.74 Å². The van der Waals surface area contributed by atoms with Crippen molar-refractivity contribution in [3.63, 3.8) is 0 Å². The highest BCUT2D eigenvalue weighted by Crippen LogP contribution is 2.78. The van der Waals surface area contributed by atoms with Gasteiger partial charge in [0, 0.05) is 18.9 Å². The summed E-state index contributed by atoms with van der Waals surface area (Å²) < 4.78 is 11.4. The number of carbonyl (C=O) groups excluding carboxylic acids is 2. The van der Waals surface area contributed by atoms with Gasteiger partial charge in [0.25, 0.3) is 0 Å². The number of hydrogen-bond acceptors (Lipinski definition) is 5. The van der Waals surface area contributed by atoms with Crippen molar-refractivity contribution in [1.82, 2.24) is 14.9 Å². The van der Waals surface area contributed by atoms with E-state index in [0.717, 1.165) is 80.7 Å². The quantitative estimate of drug-likeness (QED) is 0.237. The smallest absolute Gasteiger partial charge is 0.302 e. The summed E-state index contributed by atoms with van der Waals surface area (Å²) in [5.74, 6) is 4.37. The molecule has 1 N–H and O–H groups in total. The van der Waals surface area contributed by atoms with Gasteiger partial charge in [0.05, 0.1) is 30.5 Å². The number of likely N-dealkylation sites (tertiary alicyclic amines) is 1. The van der Waals surface area contributed by atoms with Crippen molar-refractivity contribution in [2.75, 3.05) is 13.7 Å². The second-order valence-corrected chi connectivity index (χ2v) is 19.9. The van der Waals surface area contributed by atoms with Crippen molar-refractivity contribution in [3.05, 3.63) is 48.4 Å². The molecule has 1 aromatic carbocycles. The molecule has 5 aliphatic carbocycles. The number of amides is 1. The number of H-pyrrole nitrogens is 1. The lowest BCUT2D eigenvalue weighted by Crippen LogP contribution is -2.67. The monoisotopic (exact) mass is 723 g/mol. The number of imidazole rings is 1. The van der Waals surface area contributed by atoms with E-state index in [1.807, 2.05) is 18.3 Å². The molecule has 0 radical (unpaired) electrons. The van der Waals surface area contributed by atoms with Crippen molar-refractivity contribution in [2.45, 2.75) is 138 Å². The van der Waals surface area contributed by atoms with Gasteiger partial charge in [-0.1, -0.05) is 46.8 Å². The Bertz CT molecular complexity index is 1760. The van der Waals surface area contributed by atoms with Crippen LogP contribution in [-0.4, -0.2) is 46.5 Å². The molecule has 1 amide bonds. The maximum absolute atomic E-state index is 15.5. The predicted octanol–water partition coefficient (Wildman–Crippen LogP) is 10.3. The highest BCUT2D eigenvalue weighted by atomic mass is 16.5. The van der Waals surface area contributed by atoms with Crippen LogP contribution in [0.1, 0.15) is 137 Å². The van der Waals surface area contributed by atoms with Crippen molar-refractivity contribution in [2.24, 2.45) is 56.7 Å². The van der Waals surface area contributed by atoms with Gasteiger partial charge in [-0.2, -0.15) is 0 Å². The zero-order chi connectivity index (χ0) is 37.7. The molecular formula is C46H65N3O4. The van der Waals surface area contributed by atoms with Crippen molar-refractivity contribution in [1.29, 1.82) is 0 Å². The maximum Gasteiger partial charge on any atom is 0.302 e. The fourth-order valence-electron chi connectivity index (χ4n) is 14.9. The highest BCUT2D eigenvalue weighted by molar-refractivity contribution is 5.84. The molecule has 288 valence electrons. The van der Waals surface area contributed by atoms with E-state index in [4.69, 9.17) is 14.5 Å². The van der Waals surface area contributed by atoms with Crippen molar-refractivity contribution in [3.8, 4) is 17.0 Å². The molecule has 11 atom stereocenters. The maximum atomic E-state index is 15.5. The minimum Gasteiger partial charge on any atom is -0.497 e. The predicted molar refractivity (Wildman–Crippen MR) is 209 cm³/mol. The lowest BCUT2D eigenvalue weighted by Gasteiger charge is -2.73. The van der Waals surface area contributed by atoms with Crippen LogP contribution in [0.5, 0.6) is 5.75 Å². The molecule has 53 heavy (non-hydrogen) atoms. The SMILES string of the molecule is C=C(C)[C@@H]1CC[C@]2(C(=O)N3CCCC3c3ncc(-c4ccc(OC)cc4)[nH]3)CC[C@]3(C)[C@H](CC[C@@H]4[C@@]5(C)CC[C@H](OC(C)=O)C(C)(C)[C@@H]5CC[C@]43C)[C@@H]12. The number of ether oxygens (including phenoxy) is 2. The number of fused-ring (bicyclic) bond motifs is 7. The number of rotatable bonds is 6. The fraction of sp³-hybridized carbons (Fsp3) is 0.717. The Morgan fingerprint density at radius 2 is 1.62 bits per heavy atom. The van der Waals surface area contributed by atoms with E-state index < -0.39 is 0 Å². The van der Waals surface area contributed by atoms with E-state index in [9.17, 15) is 4.79 Å². The van der Waals surface area contributed by atoms with Gasteiger partial charge in [0.1, 0.15) is 17.7 Å². The van der Waals surface area contributed by atoms with Gasteiger partial charge in [-0.25, -0.2) is 4.98 Å². The summed E-state index contributed by atoms with van der Waals surface area (Å²) >= 11 is 0. The lowest BCUT2D eigenvalue weighted by molar-refractivity contribution is -0.249. The summed E-state index contributed by atoms with van der Waals surface area (Å²) in [5, 5.41) is 0. The number of nitrogens with one attached hydrogen (secondary N) is 1. The van der Waals surface area contributed by atoms with E-state index in [1.54, 1.807) is 14.0 Å².